The van der Waals surface area contributed by atoms with Crippen molar-refractivity contribution in [3.8, 4) is 10.4 Å². The van der Waals surface area contributed by atoms with Gasteiger partial charge in [0.1, 0.15) is 23.5 Å². The number of benzene rings is 3. The largest absolute Gasteiger partial charge is 0.391 e. The summed E-state index contributed by atoms with van der Waals surface area (Å²) in [7, 11) is 0. The number of likely N-dealkylation sites (tertiary alicyclic amines) is 1. The highest BCUT2D eigenvalue weighted by Gasteiger charge is 2.44. The van der Waals surface area contributed by atoms with Crippen LogP contribution in [0.1, 0.15) is 97.4 Å². The number of nitrogens with one attached hydrogen (secondary N) is 4. The monoisotopic (exact) mass is 1210 g/mol. The number of aliphatic hydroxyl groups excluding tert-OH is 1. The number of ether oxygens (including phenoxy) is 4. The van der Waals surface area contributed by atoms with E-state index in [4.69, 9.17) is 28.3 Å². The van der Waals surface area contributed by atoms with E-state index in [1.807, 2.05) is 67.6 Å². The molecule has 0 spiro atoms. The van der Waals surface area contributed by atoms with Crippen molar-refractivity contribution < 1.29 is 65.8 Å². The normalized spacial score (nSPS) is 15.2. The molecule has 1 fully saturated rings. The highest BCUT2D eigenvalue weighted by atomic mass is 127. The predicted octanol–water partition coefficient (Wildman–Crippen LogP) is 8.23. The Morgan fingerprint density at radius 1 is 0.844 bits per heavy atom. The summed E-state index contributed by atoms with van der Waals surface area (Å²) in [6.45, 7) is 10.8. The van der Waals surface area contributed by atoms with Gasteiger partial charge >= 0.3 is 0 Å². The smallest absolute Gasteiger partial charge is 0.277 e. The van der Waals surface area contributed by atoms with Gasteiger partial charge in [0.05, 0.1) is 110 Å². The van der Waals surface area contributed by atoms with Crippen LogP contribution in [0.5, 0.6) is 0 Å². The molecule has 1 aliphatic rings. The number of hydrogen-bond donors (Lipinski definition) is 5. The average molecular weight is 1210 g/mol. The Hall–Kier alpha value is -5.54. The molecular weight excluding hydrogens is 1140 g/mol. The number of halogens is 4. The number of β-amino-alcohol motifs (C(OH)–C–C–N with tert-alkyl or cyclic N) is 1. The second-order valence-electron chi connectivity index (χ2n) is 18.7. The number of anilines is 2. The van der Waals surface area contributed by atoms with Gasteiger partial charge in [-0.2, -0.15) is 0 Å². The van der Waals surface area contributed by atoms with E-state index in [2.05, 4.69) is 31.6 Å². The fourth-order valence-electron chi connectivity index (χ4n) is 8.49. The number of aliphatic hydroxyl groups is 1. The van der Waals surface area contributed by atoms with Crippen LogP contribution >= 0.6 is 33.9 Å². The van der Waals surface area contributed by atoms with Crippen molar-refractivity contribution in [2.24, 2.45) is 5.92 Å². The lowest BCUT2D eigenvalue weighted by Crippen LogP contribution is -2.49. The van der Waals surface area contributed by atoms with Gasteiger partial charge in [0, 0.05) is 35.8 Å². The third-order valence-corrected chi connectivity index (χ3v) is 14.1. The van der Waals surface area contributed by atoms with E-state index in [0.717, 1.165) is 47.5 Å². The number of unbranched alkanes of at least 4 members (excludes halogenated alkanes) is 3. The van der Waals surface area contributed by atoms with E-state index in [-0.39, 0.29) is 68.1 Å². The molecule has 18 nitrogen and oxygen atoms in total. The summed E-state index contributed by atoms with van der Waals surface area (Å²) in [4.78, 5) is 66.2. The molecule has 4 atom stereocenters. The quantitative estimate of drug-likeness (QED) is 0.0155. The number of nitrogens with zero attached hydrogens (tertiary/aromatic N) is 3. The topological polar surface area (TPSA) is 225 Å². The number of amides is 4. The van der Waals surface area contributed by atoms with E-state index < -0.39 is 59.1 Å². The first-order valence-electron chi connectivity index (χ1n) is 25.5. The molecule has 2 aromatic heterocycles. The second-order valence-corrected chi connectivity index (χ2v) is 20.8. The van der Waals surface area contributed by atoms with Gasteiger partial charge in [-0.3, -0.25) is 24.0 Å². The van der Waals surface area contributed by atoms with E-state index in [0.29, 0.717) is 73.3 Å². The molecule has 0 saturated carbocycles. The number of rotatable bonds is 32. The number of aromatic nitrogens is 2. The fourth-order valence-corrected chi connectivity index (χ4v) is 9.75. The lowest BCUT2D eigenvalue weighted by molar-refractivity contribution is -0.141. The van der Waals surface area contributed by atoms with Crippen LogP contribution in [0.4, 0.5) is 24.5 Å². The molecule has 77 heavy (non-hydrogen) atoms. The lowest BCUT2D eigenvalue weighted by atomic mass is 9.91. The standard InChI is InChI=1S/C54H67F3IN7O11S/c1-33(2)48(46-27-34(3)63-76-46)54(70)65-31-39(66)29-45(65)53(69)62-44(36-9-11-37(12-10-36)51-35(4)60-32-77-51)30-47(67)59-17-20-72-22-24-74-26-25-73-23-21-71-18-7-5-6-8-19-75-64-52(68)40-14-15-41(55)49(57)50(40)61-43-16-13-38(58)28-42(43)56/h9-16,27-28,32-33,39,44-45,48,61,66H,5-8,17-26,29-31H2,1-4H3,(H,59,67)(H,62,69)(H,64,68)/t39-,44+,45+,48-/m1/s1. The molecule has 418 valence electrons. The van der Waals surface area contributed by atoms with E-state index in [1.54, 1.807) is 24.6 Å². The van der Waals surface area contributed by atoms with Crippen LogP contribution < -0.4 is 21.4 Å². The maximum atomic E-state index is 14.7. The van der Waals surface area contributed by atoms with Gasteiger partial charge in [-0.25, -0.2) is 23.6 Å². The molecule has 5 aromatic rings. The van der Waals surface area contributed by atoms with Crippen LogP contribution in [0, 0.1) is 40.8 Å². The van der Waals surface area contributed by atoms with E-state index in [9.17, 15) is 37.5 Å². The van der Waals surface area contributed by atoms with Crippen molar-refractivity contribution in [3.05, 3.63) is 115 Å². The lowest BCUT2D eigenvalue weighted by Gasteiger charge is -2.30. The molecule has 23 heteroatoms. The summed E-state index contributed by atoms with van der Waals surface area (Å²) >= 11 is 3.44. The molecule has 6 rings (SSSR count). The molecule has 5 N–H and O–H groups in total. The van der Waals surface area contributed by atoms with Crippen LogP contribution in [-0.2, 0) is 38.2 Å². The SMILES string of the molecule is Cc1cc([C@H](C(=O)N2C[C@H](O)C[C@H]2C(=O)N[C@@H](CC(=O)NCCOCCOCCOCCOCCCCCCONC(=O)c2ccc(F)c(F)c2Nc2ccc(I)cc2F)c2ccc(-c3scnc3C)cc2)C(C)C)on1. The molecular formula is C54H67F3IN7O11S. The molecule has 3 heterocycles. The molecule has 0 bridgehead atoms. The summed E-state index contributed by atoms with van der Waals surface area (Å²) in [5, 5.41) is 23.0. The van der Waals surface area contributed by atoms with Crippen LogP contribution in [-0.4, -0.2) is 128 Å². The summed E-state index contributed by atoms with van der Waals surface area (Å²) < 4.78 is 71.6. The first-order valence-corrected chi connectivity index (χ1v) is 27.5. The summed E-state index contributed by atoms with van der Waals surface area (Å²) in [6, 6.07) is 13.6. The minimum Gasteiger partial charge on any atom is -0.391 e. The van der Waals surface area contributed by atoms with Gasteiger partial charge in [0.2, 0.25) is 17.7 Å². The van der Waals surface area contributed by atoms with Crippen molar-refractivity contribution in [1.82, 2.24) is 31.2 Å². The van der Waals surface area contributed by atoms with Crippen LogP contribution in [0.15, 0.2) is 70.7 Å². The zero-order valence-corrected chi connectivity index (χ0v) is 46.5. The van der Waals surface area contributed by atoms with Crippen LogP contribution in [0.3, 0.4) is 0 Å². The maximum absolute atomic E-state index is 14.7. The van der Waals surface area contributed by atoms with Gasteiger partial charge in [0.25, 0.3) is 5.91 Å². The minimum absolute atomic E-state index is 0.0206. The summed E-state index contributed by atoms with van der Waals surface area (Å²) in [5.74, 6) is -5.67. The summed E-state index contributed by atoms with van der Waals surface area (Å²) in [6.07, 6.45) is 2.13. The van der Waals surface area contributed by atoms with Crippen molar-refractivity contribution in [3.63, 3.8) is 0 Å². The van der Waals surface area contributed by atoms with Crippen LogP contribution in [0.25, 0.3) is 10.4 Å². The van der Waals surface area contributed by atoms with Crippen molar-refractivity contribution in [2.45, 2.75) is 90.3 Å². The molecule has 4 amide bonds. The molecule has 1 aliphatic heterocycles. The Bertz CT molecular complexity index is 2700. The van der Waals surface area contributed by atoms with Gasteiger partial charge in [-0.05, 0) is 96.7 Å². The van der Waals surface area contributed by atoms with E-state index >= 15 is 0 Å². The highest BCUT2D eigenvalue weighted by molar-refractivity contribution is 14.1. The Labute approximate surface area is 463 Å². The number of hydrogen-bond acceptors (Lipinski definition) is 15. The summed E-state index contributed by atoms with van der Waals surface area (Å²) in [5.41, 5.74) is 6.30. The molecule has 1 saturated heterocycles. The first kappa shape index (κ1) is 60.7. The zero-order chi connectivity index (χ0) is 55.3. The average Bonchev–Trinajstić information content (AvgIpc) is 4.16. The number of carbonyl (C=O) groups excluding carboxylic acids is 4. The Morgan fingerprint density at radius 2 is 1.52 bits per heavy atom. The van der Waals surface area contributed by atoms with Crippen molar-refractivity contribution in [2.75, 3.05) is 77.9 Å². The second kappa shape index (κ2) is 31.2. The number of carbonyl (C=O) groups is 4. The minimum atomic E-state index is -1.32. The highest BCUT2D eigenvalue weighted by Crippen LogP contribution is 2.33. The molecule has 0 unspecified atom stereocenters. The Balaban J connectivity index is 0.806. The van der Waals surface area contributed by atoms with Crippen LogP contribution in [0.2, 0.25) is 0 Å². The van der Waals surface area contributed by atoms with Gasteiger partial charge in [-0.15, -0.1) is 11.3 Å². The first-order chi connectivity index (χ1) is 37.1. The van der Waals surface area contributed by atoms with Crippen molar-refractivity contribution in [1.29, 1.82) is 0 Å². The van der Waals surface area contributed by atoms with Gasteiger partial charge in [0.15, 0.2) is 11.6 Å². The fraction of sp³-hybridized carbons (Fsp3) is 0.481. The van der Waals surface area contributed by atoms with E-state index in [1.165, 1.54) is 28.4 Å². The maximum Gasteiger partial charge on any atom is 0.277 e. The molecule has 0 aliphatic carbocycles. The third-order valence-electron chi connectivity index (χ3n) is 12.4. The molecule has 0 radical (unpaired) electrons. The van der Waals surface area contributed by atoms with Gasteiger partial charge < -0.3 is 49.4 Å². The Morgan fingerprint density at radius 3 is 2.16 bits per heavy atom. The molecule has 3 aromatic carbocycles. The Kier molecular flexibility index (Phi) is 24.6. The van der Waals surface area contributed by atoms with Gasteiger partial charge in [-0.1, -0.05) is 56.1 Å². The zero-order valence-electron chi connectivity index (χ0n) is 43.5. The van der Waals surface area contributed by atoms with Crippen molar-refractivity contribution >= 4 is 68.9 Å². The number of thiazole rings is 1. The number of hydroxylamine groups is 1. The predicted molar refractivity (Wildman–Crippen MR) is 290 cm³/mol. The number of aryl methyl sites for hydroxylation is 2. The third kappa shape index (κ3) is 18.5.